The summed E-state index contributed by atoms with van der Waals surface area (Å²) in [5.74, 6) is 0.881. The molecule has 0 saturated carbocycles. The highest BCUT2D eigenvalue weighted by Gasteiger charge is 2.38. The van der Waals surface area contributed by atoms with Crippen molar-refractivity contribution in [3.8, 4) is 0 Å². The van der Waals surface area contributed by atoms with Crippen molar-refractivity contribution in [2.24, 2.45) is 0 Å². The molecule has 0 bridgehead atoms. The molecular weight excluding hydrogens is 304 g/mol. The maximum atomic E-state index is 12.2. The number of carbonyl (C=O) groups is 2. The first-order chi connectivity index (χ1) is 11.7. The van der Waals surface area contributed by atoms with Crippen molar-refractivity contribution in [1.82, 2.24) is 10.6 Å². The van der Waals surface area contributed by atoms with Gasteiger partial charge < -0.3 is 15.1 Å². The third-order valence-corrected chi connectivity index (χ3v) is 4.49. The third kappa shape index (κ3) is 4.25. The average molecular weight is 326 g/mol. The molecular formula is C19H22N2O3. The maximum Gasteiger partial charge on any atom is 0.220 e. The van der Waals surface area contributed by atoms with Crippen LogP contribution in [0.4, 0.5) is 0 Å². The van der Waals surface area contributed by atoms with Crippen LogP contribution < -0.4 is 10.6 Å². The first kappa shape index (κ1) is 16.3. The number of benzene rings is 1. The quantitative estimate of drug-likeness (QED) is 0.821. The normalized spacial score (nSPS) is 19.9. The smallest absolute Gasteiger partial charge is 0.220 e. The fourth-order valence-corrected chi connectivity index (χ4v) is 3.17. The van der Waals surface area contributed by atoms with Gasteiger partial charge in [-0.25, -0.2) is 0 Å². The first-order valence-electron chi connectivity index (χ1n) is 8.29. The molecule has 1 aromatic heterocycles. The lowest BCUT2D eigenvalue weighted by Gasteiger charge is -2.28. The minimum Gasteiger partial charge on any atom is -0.469 e. The van der Waals surface area contributed by atoms with Crippen LogP contribution in [0.5, 0.6) is 0 Å². The van der Waals surface area contributed by atoms with Crippen LogP contribution in [0.15, 0.2) is 53.1 Å². The lowest BCUT2D eigenvalue weighted by molar-refractivity contribution is -0.122. The van der Waals surface area contributed by atoms with E-state index in [0.717, 1.165) is 17.7 Å². The molecule has 0 aliphatic carbocycles. The topological polar surface area (TPSA) is 71.3 Å². The van der Waals surface area contributed by atoms with Gasteiger partial charge in [-0.2, -0.15) is 0 Å². The molecule has 1 fully saturated rings. The van der Waals surface area contributed by atoms with Crippen molar-refractivity contribution in [2.45, 2.75) is 44.2 Å². The largest absolute Gasteiger partial charge is 0.469 e. The molecule has 0 radical (unpaired) electrons. The van der Waals surface area contributed by atoms with E-state index in [4.69, 9.17) is 4.42 Å². The summed E-state index contributed by atoms with van der Waals surface area (Å²) in [6.07, 6.45) is 4.49. The molecule has 2 aromatic rings. The zero-order valence-electron chi connectivity index (χ0n) is 13.6. The van der Waals surface area contributed by atoms with Crippen LogP contribution in [0.25, 0.3) is 0 Å². The van der Waals surface area contributed by atoms with E-state index in [1.165, 1.54) is 0 Å². The second-order valence-corrected chi connectivity index (χ2v) is 6.35. The summed E-state index contributed by atoms with van der Waals surface area (Å²) < 4.78 is 5.42. The number of amides is 2. The molecule has 1 atom stereocenters. The monoisotopic (exact) mass is 326 g/mol. The summed E-state index contributed by atoms with van der Waals surface area (Å²) in [4.78, 5) is 23.9. The van der Waals surface area contributed by atoms with E-state index < -0.39 is 0 Å². The molecule has 3 rings (SSSR count). The maximum absolute atomic E-state index is 12.2. The van der Waals surface area contributed by atoms with E-state index in [1.54, 1.807) is 6.26 Å². The Balaban J connectivity index is 1.53. The van der Waals surface area contributed by atoms with Crippen LogP contribution in [-0.2, 0) is 22.6 Å². The number of furan rings is 1. The van der Waals surface area contributed by atoms with Gasteiger partial charge in [0.25, 0.3) is 0 Å². The van der Waals surface area contributed by atoms with Crippen molar-refractivity contribution in [1.29, 1.82) is 0 Å². The van der Waals surface area contributed by atoms with Gasteiger partial charge in [-0.1, -0.05) is 30.3 Å². The Labute approximate surface area is 141 Å². The van der Waals surface area contributed by atoms with Gasteiger partial charge in [-0.05, 0) is 30.5 Å². The lowest BCUT2D eigenvalue weighted by atomic mass is 9.87. The van der Waals surface area contributed by atoms with Gasteiger partial charge in [0.1, 0.15) is 5.76 Å². The Bertz CT molecular complexity index is 682. The van der Waals surface area contributed by atoms with E-state index in [0.29, 0.717) is 32.2 Å². The summed E-state index contributed by atoms with van der Waals surface area (Å²) in [5, 5.41) is 5.99. The van der Waals surface area contributed by atoms with Crippen molar-refractivity contribution in [3.63, 3.8) is 0 Å². The summed E-state index contributed by atoms with van der Waals surface area (Å²) in [7, 11) is 0. The highest BCUT2D eigenvalue weighted by Crippen LogP contribution is 2.29. The fraction of sp³-hybridized carbons (Fsp3) is 0.368. The number of hydrogen-bond donors (Lipinski definition) is 2. The van der Waals surface area contributed by atoms with Gasteiger partial charge in [0.05, 0.1) is 6.26 Å². The van der Waals surface area contributed by atoms with Crippen LogP contribution in [0.2, 0.25) is 0 Å². The molecule has 1 aliphatic heterocycles. The van der Waals surface area contributed by atoms with Gasteiger partial charge in [-0.3, -0.25) is 9.59 Å². The Morgan fingerprint density at radius 1 is 1.21 bits per heavy atom. The van der Waals surface area contributed by atoms with E-state index in [9.17, 15) is 9.59 Å². The standard InChI is InChI=1S/C19H22N2O3/c22-17(20-14-15-5-2-1-3-6-15)8-10-19(11-9-18(23)21-19)13-16-7-4-12-24-16/h1-7,12H,8-11,13-14H2,(H,20,22)(H,21,23)/t19-/m1/s1. The van der Waals surface area contributed by atoms with Crippen molar-refractivity contribution in [3.05, 3.63) is 60.1 Å². The number of hydrogen-bond acceptors (Lipinski definition) is 3. The van der Waals surface area contributed by atoms with Crippen LogP contribution in [-0.4, -0.2) is 17.4 Å². The molecule has 2 heterocycles. The van der Waals surface area contributed by atoms with Crippen LogP contribution in [0.3, 0.4) is 0 Å². The predicted octanol–water partition coefficient (Wildman–Crippen LogP) is 2.57. The second-order valence-electron chi connectivity index (χ2n) is 6.35. The first-order valence-corrected chi connectivity index (χ1v) is 8.29. The van der Waals surface area contributed by atoms with Gasteiger partial charge in [0, 0.05) is 31.3 Å². The highest BCUT2D eigenvalue weighted by atomic mass is 16.3. The Morgan fingerprint density at radius 3 is 2.71 bits per heavy atom. The predicted molar refractivity (Wildman–Crippen MR) is 90.0 cm³/mol. The molecule has 0 unspecified atom stereocenters. The molecule has 24 heavy (non-hydrogen) atoms. The minimum absolute atomic E-state index is 0.00109. The van der Waals surface area contributed by atoms with E-state index >= 15 is 0 Å². The minimum atomic E-state index is -0.376. The van der Waals surface area contributed by atoms with Gasteiger partial charge >= 0.3 is 0 Å². The Kier molecular flexibility index (Phi) is 4.99. The molecule has 5 heteroatoms. The van der Waals surface area contributed by atoms with Gasteiger partial charge in [-0.15, -0.1) is 0 Å². The van der Waals surface area contributed by atoms with E-state index in [2.05, 4.69) is 10.6 Å². The van der Waals surface area contributed by atoms with Crippen molar-refractivity contribution < 1.29 is 14.0 Å². The number of nitrogens with one attached hydrogen (secondary N) is 2. The van der Waals surface area contributed by atoms with Gasteiger partial charge in [0.15, 0.2) is 0 Å². The van der Waals surface area contributed by atoms with Gasteiger partial charge in [0.2, 0.25) is 11.8 Å². The summed E-state index contributed by atoms with van der Waals surface area (Å²) in [6, 6.07) is 13.6. The van der Waals surface area contributed by atoms with Crippen molar-refractivity contribution >= 4 is 11.8 Å². The van der Waals surface area contributed by atoms with E-state index in [-0.39, 0.29) is 17.4 Å². The summed E-state index contributed by atoms with van der Waals surface area (Å²) >= 11 is 0. The molecule has 1 aliphatic rings. The zero-order chi connectivity index (χ0) is 16.8. The summed E-state index contributed by atoms with van der Waals surface area (Å²) in [5.41, 5.74) is 0.698. The summed E-state index contributed by atoms with van der Waals surface area (Å²) in [6.45, 7) is 0.525. The fourth-order valence-electron chi connectivity index (χ4n) is 3.17. The van der Waals surface area contributed by atoms with Crippen LogP contribution in [0, 0.1) is 0 Å². The molecule has 0 spiro atoms. The Morgan fingerprint density at radius 2 is 2.04 bits per heavy atom. The van der Waals surface area contributed by atoms with Crippen LogP contribution >= 0.6 is 0 Å². The molecule has 2 N–H and O–H groups in total. The molecule has 5 nitrogen and oxygen atoms in total. The number of carbonyl (C=O) groups excluding carboxylic acids is 2. The third-order valence-electron chi connectivity index (χ3n) is 4.49. The van der Waals surface area contributed by atoms with E-state index in [1.807, 2.05) is 42.5 Å². The molecule has 2 amide bonds. The molecule has 1 saturated heterocycles. The number of rotatable bonds is 7. The van der Waals surface area contributed by atoms with Crippen LogP contribution in [0.1, 0.15) is 37.0 Å². The average Bonchev–Trinajstić information content (AvgIpc) is 3.23. The molecule has 1 aromatic carbocycles. The van der Waals surface area contributed by atoms with Crippen molar-refractivity contribution in [2.75, 3.05) is 0 Å². The highest BCUT2D eigenvalue weighted by molar-refractivity contribution is 5.80. The SMILES string of the molecule is O=C(CC[C@]1(Cc2ccco2)CCC(=O)N1)NCc1ccccc1. The zero-order valence-corrected chi connectivity index (χ0v) is 13.6. The Hall–Kier alpha value is -2.56. The lowest BCUT2D eigenvalue weighted by Crippen LogP contribution is -2.44. The molecule has 126 valence electrons. The second kappa shape index (κ2) is 7.34.